The molecule has 0 aliphatic carbocycles. The number of amides is 1. The molecule has 1 aromatic carbocycles. The number of para-hydroxylation sites is 2. The minimum atomic E-state index is -0.0303. The molecule has 1 saturated heterocycles. The van der Waals surface area contributed by atoms with Crippen LogP contribution in [0, 0.1) is 0 Å². The first-order valence-electron chi connectivity index (χ1n) is 8.60. The molecule has 0 saturated carbocycles. The van der Waals surface area contributed by atoms with Crippen LogP contribution in [0.1, 0.15) is 34.3 Å². The second-order valence-electron chi connectivity index (χ2n) is 6.34. The van der Waals surface area contributed by atoms with Crippen molar-refractivity contribution in [2.75, 3.05) is 30.8 Å². The fourth-order valence-electron chi connectivity index (χ4n) is 2.96. The smallest absolute Gasteiger partial charge is 0.265 e. The zero-order valence-electron chi connectivity index (χ0n) is 14.3. The zero-order chi connectivity index (χ0) is 16.9. The molecule has 0 unspecified atom stereocenters. The van der Waals surface area contributed by atoms with E-state index in [0.29, 0.717) is 6.04 Å². The Bertz CT molecular complexity index is 689. The summed E-state index contributed by atoms with van der Waals surface area (Å²) in [6.45, 7) is 4.33. The first-order valence-corrected chi connectivity index (χ1v) is 9.41. The van der Waals surface area contributed by atoms with Crippen LogP contribution in [0.15, 0.2) is 36.4 Å². The van der Waals surface area contributed by atoms with E-state index in [9.17, 15) is 4.79 Å². The first-order chi connectivity index (χ1) is 11.7. The average Bonchev–Trinajstić information content (AvgIpc) is 3.08. The molecule has 2 aromatic rings. The van der Waals surface area contributed by atoms with Gasteiger partial charge in [-0.3, -0.25) is 4.79 Å². The van der Waals surface area contributed by atoms with Crippen LogP contribution in [0.4, 0.5) is 11.4 Å². The zero-order valence-corrected chi connectivity index (χ0v) is 15.2. The third kappa shape index (κ3) is 4.16. The maximum absolute atomic E-state index is 12.5. The summed E-state index contributed by atoms with van der Waals surface area (Å²) < 4.78 is 0. The van der Waals surface area contributed by atoms with Gasteiger partial charge in [-0.15, -0.1) is 11.3 Å². The van der Waals surface area contributed by atoms with Crippen LogP contribution >= 0.6 is 11.3 Å². The number of aryl methyl sites for hydroxylation is 1. The Morgan fingerprint density at radius 2 is 1.88 bits per heavy atom. The second-order valence-corrected chi connectivity index (χ2v) is 7.51. The third-order valence-corrected chi connectivity index (χ3v) is 5.72. The molecule has 1 aliphatic rings. The van der Waals surface area contributed by atoms with Gasteiger partial charge in [-0.25, -0.2) is 0 Å². The number of benzene rings is 1. The van der Waals surface area contributed by atoms with E-state index in [4.69, 9.17) is 0 Å². The van der Waals surface area contributed by atoms with Gasteiger partial charge in [-0.05, 0) is 63.7 Å². The van der Waals surface area contributed by atoms with Crippen molar-refractivity contribution in [3.05, 3.63) is 46.2 Å². The van der Waals surface area contributed by atoms with E-state index in [1.54, 1.807) is 11.3 Å². The predicted octanol–water partition coefficient (Wildman–Crippen LogP) is 4.07. The van der Waals surface area contributed by atoms with Crippen LogP contribution in [0.3, 0.4) is 0 Å². The Labute approximate surface area is 147 Å². The van der Waals surface area contributed by atoms with Gasteiger partial charge in [0, 0.05) is 10.9 Å². The molecule has 2 N–H and O–H groups in total. The quantitative estimate of drug-likeness (QED) is 0.860. The minimum absolute atomic E-state index is 0.0303. The summed E-state index contributed by atoms with van der Waals surface area (Å²) in [5.41, 5.74) is 1.86. The van der Waals surface area contributed by atoms with Crippen molar-refractivity contribution < 1.29 is 4.79 Å². The number of carbonyl (C=O) groups is 1. The highest BCUT2D eigenvalue weighted by molar-refractivity contribution is 7.14. The van der Waals surface area contributed by atoms with Gasteiger partial charge in [0.25, 0.3) is 5.91 Å². The number of hydrogen-bond acceptors (Lipinski definition) is 4. The molecule has 4 nitrogen and oxygen atoms in total. The molecule has 1 amide bonds. The van der Waals surface area contributed by atoms with Gasteiger partial charge in [-0.2, -0.15) is 0 Å². The number of likely N-dealkylation sites (tertiary alicyclic amines) is 1. The van der Waals surface area contributed by atoms with Crippen LogP contribution in [-0.2, 0) is 6.42 Å². The van der Waals surface area contributed by atoms with Crippen molar-refractivity contribution in [1.82, 2.24) is 4.90 Å². The van der Waals surface area contributed by atoms with Gasteiger partial charge in [0.15, 0.2) is 0 Å². The Balaban J connectivity index is 1.68. The molecule has 0 atom stereocenters. The lowest BCUT2D eigenvalue weighted by Gasteiger charge is -2.30. The van der Waals surface area contributed by atoms with Crippen LogP contribution in [0.25, 0.3) is 0 Å². The molecule has 1 aromatic heterocycles. The number of rotatable bonds is 5. The number of hydrogen-bond donors (Lipinski definition) is 2. The molecule has 0 radical (unpaired) electrons. The van der Waals surface area contributed by atoms with Crippen LogP contribution in [-0.4, -0.2) is 37.0 Å². The second kappa shape index (κ2) is 7.81. The minimum Gasteiger partial charge on any atom is -0.381 e. The summed E-state index contributed by atoms with van der Waals surface area (Å²) in [5.74, 6) is -0.0303. The van der Waals surface area contributed by atoms with E-state index in [1.165, 1.54) is 4.88 Å². The summed E-state index contributed by atoms with van der Waals surface area (Å²) in [6, 6.07) is 12.4. The largest absolute Gasteiger partial charge is 0.381 e. The fourth-order valence-corrected chi connectivity index (χ4v) is 3.81. The Morgan fingerprint density at radius 3 is 2.54 bits per heavy atom. The lowest BCUT2D eigenvalue weighted by Crippen LogP contribution is -2.36. The molecule has 5 heteroatoms. The Hall–Kier alpha value is -1.85. The highest BCUT2D eigenvalue weighted by atomic mass is 32.1. The van der Waals surface area contributed by atoms with Crippen molar-refractivity contribution in [1.29, 1.82) is 0 Å². The summed E-state index contributed by atoms with van der Waals surface area (Å²) in [5, 5.41) is 6.67. The molecule has 3 rings (SSSR count). The van der Waals surface area contributed by atoms with E-state index >= 15 is 0 Å². The molecule has 0 spiro atoms. The number of nitrogens with one attached hydrogen (secondary N) is 2. The van der Waals surface area contributed by atoms with Crippen molar-refractivity contribution in [3.8, 4) is 0 Å². The van der Waals surface area contributed by atoms with Crippen molar-refractivity contribution in [2.24, 2.45) is 0 Å². The van der Waals surface area contributed by atoms with Gasteiger partial charge >= 0.3 is 0 Å². The van der Waals surface area contributed by atoms with Gasteiger partial charge in [0.2, 0.25) is 0 Å². The number of piperidine rings is 1. The summed E-state index contributed by atoms with van der Waals surface area (Å²) >= 11 is 1.56. The summed E-state index contributed by atoms with van der Waals surface area (Å²) in [6.07, 6.45) is 3.22. The predicted molar refractivity (Wildman–Crippen MR) is 102 cm³/mol. The van der Waals surface area contributed by atoms with Crippen molar-refractivity contribution >= 4 is 28.6 Å². The molecular formula is C19H25N3OS. The van der Waals surface area contributed by atoms with Crippen molar-refractivity contribution in [2.45, 2.75) is 32.2 Å². The fraction of sp³-hybridized carbons (Fsp3) is 0.421. The third-order valence-electron chi connectivity index (χ3n) is 4.49. The first kappa shape index (κ1) is 17.0. The molecule has 1 aliphatic heterocycles. The Morgan fingerprint density at radius 1 is 1.17 bits per heavy atom. The normalized spacial score (nSPS) is 16.1. The summed E-state index contributed by atoms with van der Waals surface area (Å²) in [7, 11) is 2.16. The van der Waals surface area contributed by atoms with E-state index in [0.717, 1.165) is 48.6 Å². The number of carbonyl (C=O) groups excluding carboxylic acids is 1. The van der Waals surface area contributed by atoms with Crippen molar-refractivity contribution in [3.63, 3.8) is 0 Å². The van der Waals surface area contributed by atoms with E-state index < -0.39 is 0 Å². The van der Waals surface area contributed by atoms with Crippen LogP contribution in [0.5, 0.6) is 0 Å². The van der Waals surface area contributed by atoms with E-state index in [1.807, 2.05) is 36.4 Å². The van der Waals surface area contributed by atoms with Gasteiger partial charge in [0.05, 0.1) is 16.3 Å². The van der Waals surface area contributed by atoms with Gasteiger partial charge in [-0.1, -0.05) is 19.1 Å². The maximum atomic E-state index is 12.5. The molecule has 1 fully saturated rings. The molecular weight excluding hydrogens is 318 g/mol. The summed E-state index contributed by atoms with van der Waals surface area (Å²) in [4.78, 5) is 16.8. The maximum Gasteiger partial charge on any atom is 0.265 e. The molecule has 128 valence electrons. The number of anilines is 2. The van der Waals surface area contributed by atoms with E-state index in [2.05, 4.69) is 29.5 Å². The Kier molecular flexibility index (Phi) is 5.53. The highest BCUT2D eigenvalue weighted by Gasteiger charge is 2.18. The van der Waals surface area contributed by atoms with Gasteiger partial charge < -0.3 is 15.5 Å². The number of nitrogens with zero attached hydrogens (tertiary/aromatic N) is 1. The topological polar surface area (TPSA) is 44.4 Å². The standard InChI is InChI=1S/C19H25N3OS/c1-3-15-8-9-18(24-15)19(23)21-17-7-5-4-6-16(17)20-14-10-12-22(2)13-11-14/h4-9,14,20H,3,10-13H2,1-2H3,(H,21,23). The lowest BCUT2D eigenvalue weighted by atomic mass is 10.0. The van der Waals surface area contributed by atoms with Crippen LogP contribution in [0.2, 0.25) is 0 Å². The molecule has 0 bridgehead atoms. The van der Waals surface area contributed by atoms with E-state index in [-0.39, 0.29) is 5.91 Å². The molecule has 2 heterocycles. The number of thiophene rings is 1. The SMILES string of the molecule is CCc1ccc(C(=O)Nc2ccccc2NC2CCN(C)CC2)s1. The van der Waals surface area contributed by atoms with Gasteiger partial charge in [0.1, 0.15) is 0 Å². The molecule has 24 heavy (non-hydrogen) atoms. The highest BCUT2D eigenvalue weighted by Crippen LogP contribution is 2.26. The lowest BCUT2D eigenvalue weighted by molar-refractivity contribution is 0.103. The average molecular weight is 343 g/mol. The van der Waals surface area contributed by atoms with Crippen LogP contribution < -0.4 is 10.6 Å². The monoisotopic (exact) mass is 343 g/mol.